The third-order valence-corrected chi connectivity index (χ3v) is 2.83. The molecule has 110 valence electrons. The Morgan fingerprint density at radius 3 is 2.67 bits per heavy atom. The number of hydrogen-bond acceptors (Lipinski definition) is 6. The molecule has 0 saturated carbocycles. The maximum absolute atomic E-state index is 12.4. The average Bonchev–Trinajstić information content (AvgIpc) is 2.46. The Bertz CT molecular complexity index is 656. The first-order valence-electron chi connectivity index (χ1n) is 6.57. The number of anilines is 2. The average molecular weight is 286 g/mol. The number of amides is 1. The molecular formula is C14H18N6O. The van der Waals surface area contributed by atoms with E-state index in [-0.39, 0.29) is 17.5 Å². The second kappa shape index (κ2) is 6.27. The van der Waals surface area contributed by atoms with Crippen molar-refractivity contribution in [1.29, 1.82) is 0 Å². The van der Waals surface area contributed by atoms with Gasteiger partial charge in [0.2, 0.25) is 0 Å². The molecule has 0 aliphatic heterocycles. The minimum Gasteiger partial charge on any atom is -0.321 e. The zero-order chi connectivity index (χ0) is 15.4. The first-order valence-corrected chi connectivity index (χ1v) is 6.57. The predicted octanol–water partition coefficient (Wildman–Crippen LogP) is 1.84. The Morgan fingerprint density at radius 2 is 2.05 bits per heavy atom. The third kappa shape index (κ3) is 3.51. The van der Waals surface area contributed by atoms with Crippen molar-refractivity contribution in [2.24, 2.45) is 5.84 Å². The fourth-order valence-corrected chi connectivity index (χ4v) is 1.77. The zero-order valence-corrected chi connectivity index (χ0v) is 12.2. The normalized spacial score (nSPS) is 10.5. The first-order chi connectivity index (χ1) is 10.0. The molecule has 2 rings (SSSR count). The van der Waals surface area contributed by atoms with Crippen molar-refractivity contribution in [2.45, 2.75) is 26.7 Å². The van der Waals surface area contributed by atoms with Gasteiger partial charge < -0.3 is 10.7 Å². The van der Waals surface area contributed by atoms with Crippen LogP contribution in [0.5, 0.6) is 0 Å². The molecule has 2 aromatic rings. The molecule has 0 bridgehead atoms. The predicted molar refractivity (Wildman–Crippen MR) is 80.9 cm³/mol. The monoisotopic (exact) mass is 286 g/mol. The molecule has 0 aromatic carbocycles. The van der Waals surface area contributed by atoms with Crippen LogP contribution in [0.4, 0.5) is 11.4 Å². The molecular weight excluding hydrogens is 268 g/mol. The van der Waals surface area contributed by atoms with Gasteiger partial charge in [-0.15, -0.1) is 0 Å². The number of nitrogens with two attached hydrogens (primary N) is 1. The number of nitrogen functional groups attached to an aromatic ring is 1. The lowest BCUT2D eigenvalue weighted by Crippen LogP contribution is -2.20. The summed E-state index contributed by atoms with van der Waals surface area (Å²) in [6, 6.07) is 1.82. The summed E-state index contributed by atoms with van der Waals surface area (Å²) in [5.41, 5.74) is 4.58. The number of aryl methyl sites for hydroxylation is 1. The smallest absolute Gasteiger partial charge is 0.276 e. The molecule has 0 fully saturated rings. The van der Waals surface area contributed by atoms with Crippen LogP contribution in [-0.2, 0) is 0 Å². The standard InChI is InChI=1S/C14H18N6O/c1-8(2)13-17-7-11(20-15)12(19-13)14(21)18-10-4-9(3)5-16-6-10/h4-8,20H,15H2,1-3H3,(H,18,21). The van der Waals surface area contributed by atoms with Crippen LogP contribution >= 0.6 is 0 Å². The number of hydrazine groups is 1. The molecule has 0 atom stereocenters. The third-order valence-electron chi connectivity index (χ3n) is 2.83. The van der Waals surface area contributed by atoms with Crippen molar-refractivity contribution in [1.82, 2.24) is 15.0 Å². The first kappa shape index (κ1) is 14.9. The summed E-state index contributed by atoms with van der Waals surface area (Å²) >= 11 is 0. The maximum atomic E-state index is 12.4. The van der Waals surface area contributed by atoms with E-state index in [2.05, 4.69) is 25.7 Å². The van der Waals surface area contributed by atoms with Gasteiger partial charge in [-0.05, 0) is 18.6 Å². The van der Waals surface area contributed by atoms with Crippen LogP contribution in [0.25, 0.3) is 0 Å². The van der Waals surface area contributed by atoms with E-state index in [0.29, 0.717) is 17.2 Å². The summed E-state index contributed by atoms with van der Waals surface area (Å²) in [7, 11) is 0. The lowest BCUT2D eigenvalue weighted by atomic mass is 10.2. The van der Waals surface area contributed by atoms with E-state index in [4.69, 9.17) is 5.84 Å². The Labute approximate surface area is 123 Å². The molecule has 0 unspecified atom stereocenters. The van der Waals surface area contributed by atoms with Gasteiger partial charge in [-0.25, -0.2) is 9.97 Å². The summed E-state index contributed by atoms with van der Waals surface area (Å²) in [6.45, 7) is 5.81. The Morgan fingerprint density at radius 1 is 1.29 bits per heavy atom. The number of nitrogens with zero attached hydrogens (tertiary/aromatic N) is 3. The van der Waals surface area contributed by atoms with Crippen molar-refractivity contribution in [2.75, 3.05) is 10.7 Å². The number of rotatable bonds is 4. The maximum Gasteiger partial charge on any atom is 0.276 e. The number of nitrogens with one attached hydrogen (secondary N) is 2. The molecule has 21 heavy (non-hydrogen) atoms. The van der Waals surface area contributed by atoms with Crippen molar-refractivity contribution in [3.63, 3.8) is 0 Å². The van der Waals surface area contributed by atoms with Gasteiger partial charge in [-0.3, -0.25) is 15.6 Å². The van der Waals surface area contributed by atoms with Gasteiger partial charge in [0.1, 0.15) is 5.82 Å². The fourth-order valence-electron chi connectivity index (χ4n) is 1.77. The lowest BCUT2D eigenvalue weighted by Gasteiger charge is -2.11. The van der Waals surface area contributed by atoms with Crippen LogP contribution in [0.1, 0.15) is 41.6 Å². The summed E-state index contributed by atoms with van der Waals surface area (Å²) < 4.78 is 0. The van der Waals surface area contributed by atoms with E-state index >= 15 is 0 Å². The minimum absolute atomic E-state index is 0.115. The number of carbonyl (C=O) groups excluding carboxylic acids is 1. The number of carbonyl (C=O) groups is 1. The number of hydrogen-bond donors (Lipinski definition) is 3. The summed E-state index contributed by atoms with van der Waals surface area (Å²) in [4.78, 5) is 24.8. The molecule has 7 heteroatoms. The van der Waals surface area contributed by atoms with Gasteiger partial charge in [0, 0.05) is 12.1 Å². The summed E-state index contributed by atoms with van der Waals surface area (Å²) in [5.74, 6) is 5.75. The molecule has 2 heterocycles. The molecule has 0 spiro atoms. The highest BCUT2D eigenvalue weighted by molar-refractivity contribution is 6.06. The van der Waals surface area contributed by atoms with Crippen molar-refractivity contribution in [3.05, 3.63) is 41.7 Å². The Hall–Kier alpha value is -2.54. The molecule has 0 aliphatic carbocycles. The Balaban J connectivity index is 2.31. The van der Waals surface area contributed by atoms with Gasteiger partial charge in [-0.1, -0.05) is 13.8 Å². The molecule has 7 nitrogen and oxygen atoms in total. The number of pyridine rings is 1. The van der Waals surface area contributed by atoms with Crippen molar-refractivity contribution < 1.29 is 4.79 Å². The molecule has 1 amide bonds. The van der Waals surface area contributed by atoms with E-state index in [1.54, 1.807) is 12.4 Å². The fraction of sp³-hybridized carbons (Fsp3) is 0.286. The summed E-state index contributed by atoms with van der Waals surface area (Å²) in [6.07, 6.45) is 4.79. The molecule has 2 aromatic heterocycles. The van der Waals surface area contributed by atoms with E-state index in [1.165, 1.54) is 6.20 Å². The molecule has 4 N–H and O–H groups in total. The molecule has 0 radical (unpaired) electrons. The zero-order valence-electron chi connectivity index (χ0n) is 12.2. The largest absolute Gasteiger partial charge is 0.321 e. The Kier molecular flexibility index (Phi) is 4.44. The molecule has 0 saturated heterocycles. The minimum atomic E-state index is -0.361. The van der Waals surface area contributed by atoms with Crippen LogP contribution in [0, 0.1) is 6.92 Å². The van der Waals surface area contributed by atoms with Gasteiger partial charge >= 0.3 is 0 Å². The van der Waals surface area contributed by atoms with Gasteiger partial charge in [-0.2, -0.15) is 0 Å². The van der Waals surface area contributed by atoms with Crippen LogP contribution < -0.4 is 16.6 Å². The second-order valence-corrected chi connectivity index (χ2v) is 4.99. The van der Waals surface area contributed by atoms with Gasteiger partial charge in [0.15, 0.2) is 5.69 Å². The lowest BCUT2D eigenvalue weighted by molar-refractivity contribution is 0.102. The van der Waals surface area contributed by atoms with Gasteiger partial charge in [0.05, 0.1) is 23.8 Å². The topological polar surface area (TPSA) is 106 Å². The van der Waals surface area contributed by atoms with E-state index in [0.717, 1.165) is 5.56 Å². The second-order valence-electron chi connectivity index (χ2n) is 4.99. The van der Waals surface area contributed by atoms with Crippen molar-refractivity contribution in [3.8, 4) is 0 Å². The van der Waals surface area contributed by atoms with E-state index in [1.807, 2.05) is 26.8 Å². The highest BCUT2D eigenvalue weighted by Crippen LogP contribution is 2.17. The SMILES string of the molecule is Cc1cncc(NC(=O)c2nc(C(C)C)ncc2NN)c1. The van der Waals surface area contributed by atoms with Crippen LogP contribution in [-0.4, -0.2) is 20.9 Å². The van der Waals surface area contributed by atoms with E-state index in [9.17, 15) is 4.79 Å². The van der Waals surface area contributed by atoms with Crippen LogP contribution in [0.15, 0.2) is 24.7 Å². The van der Waals surface area contributed by atoms with Crippen molar-refractivity contribution >= 4 is 17.3 Å². The van der Waals surface area contributed by atoms with E-state index < -0.39 is 0 Å². The summed E-state index contributed by atoms with van der Waals surface area (Å²) in [5, 5.41) is 2.75. The van der Waals surface area contributed by atoms with Crippen LogP contribution in [0.2, 0.25) is 0 Å². The van der Waals surface area contributed by atoms with Crippen LogP contribution in [0.3, 0.4) is 0 Å². The van der Waals surface area contributed by atoms with Gasteiger partial charge in [0.25, 0.3) is 5.91 Å². The highest BCUT2D eigenvalue weighted by atomic mass is 16.1. The highest BCUT2D eigenvalue weighted by Gasteiger charge is 2.16. The molecule has 0 aliphatic rings. The quantitative estimate of drug-likeness (QED) is 0.585. The number of aromatic nitrogens is 3.